The van der Waals surface area contributed by atoms with Crippen LogP contribution in [0.5, 0.6) is 0 Å². The molecule has 6 nitrogen and oxygen atoms in total. The van der Waals surface area contributed by atoms with Crippen LogP contribution in [0.2, 0.25) is 0 Å². The van der Waals surface area contributed by atoms with E-state index in [2.05, 4.69) is 15.9 Å². The van der Waals surface area contributed by atoms with Gasteiger partial charge in [0.15, 0.2) is 11.6 Å². The monoisotopic (exact) mass is 466 g/mol. The van der Waals surface area contributed by atoms with Gasteiger partial charge in [0, 0.05) is 11.3 Å². The van der Waals surface area contributed by atoms with Gasteiger partial charge in [-0.15, -0.1) is 0 Å². The quantitative estimate of drug-likeness (QED) is 0.550. The first-order valence-corrected chi connectivity index (χ1v) is 11.0. The molecule has 0 radical (unpaired) electrons. The van der Waals surface area contributed by atoms with Crippen molar-refractivity contribution in [1.82, 2.24) is 0 Å². The van der Waals surface area contributed by atoms with Gasteiger partial charge in [0.2, 0.25) is 0 Å². The summed E-state index contributed by atoms with van der Waals surface area (Å²) in [6.07, 6.45) is 6.45. The molecule has 29 heavy (non-hydrogen) atoms. The van der Waals surface area contributed by atoms with Crippen LogP contribution in [0.15, 0.2) is 23.8 Å². The molecule has 3 fully saturated rings. The molecule has 0 aromatic heterocycles. The number of carbonyl (C=O) groups is 3. The van der Waals surface area contributed by atoms with Crippen molar-refractivity contribution >= 4 is 33.5 Å². The Bertz CT molecular complexity index is 848. The van der Waals surface area contributed by atoms with Gasteiger partial charge in [-0.05, 0) is 55.1 Å². The molecule has 0 amide bonds. The van der Waals surface area contributed by atoms with Crippen molar-refractivity contribution in [3.63, 3.8) is 0 Å². The van der Waals surface area contributed by atoms with Crippen LogP contribution in [-0.2, 0) is 14.4 Å². The topological polar surface area (TPSA) is 112 Å². The molecule has 7 heteroatoms. The Kier molecular flexibility index (Phi) is 4.76. The highest BCUT2D eigenvalue weighted by Gasteiger charge is 2.72. The smallest absolute Gasteiger partial charge is 0.308 e. The van der Waals surface area contributed by atoms with E-state index >= 15 is 0 Å². The number of hydrogen-bond acceptors (Lipinski definition) is 5. The second kappa shape index (κ2) is 6.59. The highest BCUT2D eigenvalue weighted by atomic mass is 79.9. The Labute approximate surface area is 178 Å². The second-order valence-electron chi connectivity index (χ2n) is 9.63. The standard InChI is InChI=1S/C22H27BrO6/c1-20-6-5-12(25)7-11(20)3-4-13-14-8-15(19(28)29)22(23,17(27)10-24)21(14,2)9-16(26)18(13)20/h5-7,13-16,18,24,26H,3-4,8-10H2,1-2H3,(H,28,29)/t13-,14-,15?,16?,18+,20-,21-,22-/m0/s1. The molecule has 0 aromatic carbocycles. The summed E-state index contributed by atoms with van der Waals surface area (Å²) in [5, 5.41) is 30.8. The third-order valence-electron chi connectivity index (χ3n) is 8.53. The molecule has 3 saturated carbocycles. The van der Waals surface area contributed by atoms with Gasteiger partial charge in [-0.2, -0.15) is 0 Å². The number of aliphatic hydroxyl groups excluding tert-OH is 2. The molecule has 0 aliphatic heterocycles. The lowest BCUT2D eigenvalue weighted by atomic mass is 9.46. The summed E-state index contributed by atoms with van der Waals surface area (Å²) >= 11 is 3.50. The van der Waals surface area contributed by atoms with Crippen LogP contribution in [0, 0.1) is 34.5 Å². The van der Waals surface area contributed by atoms with Crippen LogP contribution in [0.25, 0.3) is 0 Å². The maximum absolute atomic E-state index is 12.8. The number of halogens is 1. The molecule has 0 saturated heterocycles. The Morgan fingerprint density at radius 1 is 1.31 bits per heavy atom. The third-order valence-corrected chi connectivity index (χ3v) is 10.4. The van der Waals surface area contributed by atoms with Crippen molar-refractivity contribution in [2.75, 3.05) is 6.61 Å². The minimum atomic E-state index is -1.41. The molecule has 0 bridgehead atoms. The van der Waals surface area contributed by atoms with Gasteiger partial charge in [0.25, 0.3) is 0 Å². The first-order chi connectivity index (χ1) is 13.5. The molecule has 4 rings (SSSR count). The lowest BCUT2D eigenvalue weighted by Gasteiger charge is -2.59. The van der Waals surface area contributed by atoms with Crippen molar-refractivity contribution < 1.29 is 29.7 Å². The Hall–Kier alpha value is -1.31. The summed E-state index contributed by atoms with van der Waals surface area (Å²) in [4.78, 5) is 36.8. The van der Waals surface area contributed by atoms with Crippen LogP contribution in [0.4, 0.5) is 0 Å². The van der Waals surface area contributed by atoms with E-state index in [0.29, 0.717) is 12.8 Å². The Balaban J connectivity index is 1.81. The van der Waals surface area contributed by atoms with Gasteiger partial charge < -0.3 is 15.3 Å². The van der Waals surface area contributed by atoms with E-state index < -0.39 is 45.5 Å². The van der Waals surface area contributed by atoms with Crippen molar-refractivity contribution in [2.45, 2.75) is 50.0 Å². The molecule has 2 unspecified atom stereocenters. The number of aliphatic hydroxyl groups is 2. The fourth-order valence-corrected chi connectivity index (χ4v) is 8.20. The van der Waals surface area contributed by atoms with Gasteiger partial charge in [0.05, 0.1) is 12.0 Å². The molecule has 0 spiro atoms. The van der Waals surface area contributed by atoms with Crippen LogP contribution < -0.4 is 0 Å². The fraction of sp³-hybridized carbons (Fsp3) is 0.682. The summed E-state index contributed by atoms with van der Waals surface area (Å²) in [7, 11) is 0. The number of fused-ring (bicyclic) bond motifs is 5. The number of carboxylic acids is 1. The molecule has 0 heterocycles. The predicted octanol–water partition coefficient (Wildman–Crippen LogP) is 2.27. The van der Waals surface area contributed by atoms with E-state index in [1.165, 1.54) is 0 Å². The fourth-order valence-electron chi connectivity index (χ4n) is 7.24. The van der Waals surface area contributed by atoms with E-state index in [9.17, 15) is 29.7 Å². The van der Waals surface area contributed by atoms with Gasteiger partial charge in [-0.3, -0.25) is 14.4 Å². The van der Waals surface area contributed by atoms with E-state index in [0.717, 1.165) is 12.0 Å². The number of ketones is 2. The average molecular weight is 467 g/mol. The molecular formula is C22H27BrO6. The number of carboxylic acid groups (broad SMARTS) is 1. The normalized spacial score (nSPS) is 48.4. The van der Waals surface area contributed by atoms with E-state index in [-0.39, 0.29) is 30.0 Å². The number of hydrogen-bond donors (Lipinski definition) is 3. The van der Waals surface area contributed by atoms with Crippen molar-refractivity contribution in [2.24, 2.45) is 34.5 Å². The predicted molar refractivity (Wildman–Crippen MR) is 108 cm³/mol. The zero-order valence-corrected chi connectivity index (χ0v) is 18.2. The van der Waals surface area contributed by atoms with E-state index in [4.69, 9.17) is 0 Å². The Morgan fingerprint density at radius 3 is 2.62 bits per heavy atom. The second-order valence-corrected chi connectivity index (χ2v) is 10.9. The van der Waals surface area contributed by atoms with Gasteiger partial charge in [-0.1, -0.05) is 41.4 Å². The number of allylic oxidation sites excluding steroid dienone is 4. The third kappa shape index (κ3) is 2.56. The molecular weight excluding hydrogens is 440 g/mol. The number of alkyl halides is 1. The molecule has 3 N–H and O–H groups in total. The minimum Gasteiger partial charge on any atom is -0.481 e. The maximum atomic E-state index is 12.8. The zero-order valence-electron chi connectivity index (χ0n) is 16.6. The molecule has 158 valence electrons. The van der Waals surface area contributed by atoms with Crippen LogP contribution in [-0.4, -0.2) is 49.9 Å². The number of carbonyl (C=O) groups excluding carboxylic acids is 2. The van der Waals surface area contributed by atoms with Gasteiger partial charge in [0.1, 0.15) is 10.9 Å². The lowest BCUT2D eigenvalue weighted by Crippen LogP contribution is -2.61. The van der Waals surface area contributed by atoms with Crippen molar-refractivity contribution in [1.29, 1.82) is 0 Å². The minimum absolute atomic E-state index is 0.0246. The van der Waals surface area contributed by atoms with E-state index in [1.54, 1.807) is 12.2 Å². The Morgan fingerprint density at radius 2 is 2.00 bits per heavy atom. The van der Waals surface area contributed by atoms with Crippen LogP contribution >= 0.6 is 15.9 Å². The zero-order chi connectivity index (χ0) is 21.4. The number of Topliss-reactive ketones (excluding diaryl/α,β-unsaturated/α-hetero) is 1. The van der Waals surface area contributed by atoms with Crippen LogP contribution in [0.1, 0.15) is 39.5 Å². The molecule has 0 aromatic rings. The molecule has 8 atom stereocenters. The van der Waals surface area contributed by atoms with E-state index in [1.807, 2.05) is 19.9 Å². The number of rotatable bonds is 3. The lowest BCUT2D eigenvalue weighted by molar-refractivity contribution is -0.148. The summed E-state index contributed by atoms with van der Waals surface area (Å²) in [5.74, 6) is -2.80. The summed E-state index contributed by atoms with van der Waals surface area (Å²) in [6.45, 7) is 3.20. The van der Waals surface area contributed by atoms with Crippen molar-refractivity contribution in [3.05, 3.63) is 23.8 Å². The van der Waals surface area contributed by atoms with Gasteiger partial charge in [-0.25, -0.2) is 0 Å². The first-order valence-electron chi connectivity index (χ1n) is 10.2. The van der Waals surface area contributed by atoms with Crippen molar-refractivity contribution in [3.8, 4) is 0 Å². The molecule has 4 aliphatic rings. The largest absolute Gasteiger partial charge is 0.481 e. The van der Waals surface area contributed by atoms with Gasteiger partial charge >= 0.3 is 5.97 Å². The summed E-state index contributed by atoms with van der Waals surface area (Å²) in [5.41, 5.74) is -0.213. The SMILES string of the molecule is C[C@]12C=CC(=O)C=C1CC[C@@H]1[C@@H]2C(O)C[C@@]2(C)[C@H]1CC(C(=O)O)[C@]2(Br)C(=O)CO. The summed E-state index contributed by atoms with van der Waals surface area (Å²) < 4.78 is -1.41. The highest BCUT2D eigenvalue weighted by Crippen LogP contribution is 2.70. The maximum Gasteiger partial charge on any atom is 0.308 e. The molecule has 4 aliphatic carbocycles. The highest BCUT2D eigenvalue weighted by molar-refractivity contribution is 9.10. The van der Waals surface area contributed by atoms with Crippen LogP contribution in [0.3, 0.4) is 0 Å². The average Bonchev–Trinajstić information content (AvgIpc) is 2.90. The first kappa shape index (κ1) is 20.9. The summed E-state index contributed by atoms with van der Waals surface area (Å²) in [6, 6.07) is 0. The number of aliphatic carboxylic acids is 1.